The molecule has 0 aliphatic rings. The number of nitrogens with zero attached hydrogens (tertiary/aromatic N) is 3. The summed E-state index contributed by atoms with van der Waals surface area (Å²) in [7, 11) is 3.08. The molecule has 0 unspecified atom stereocenters. The van der Waals surface area contributed by atoms with Gasteiger partial charge in [-0.1, -0.05) is 11.6 Å². The largest absolute Gasteiger partial charge is 0.495 e. The van der Waals surface area contributed by atoms with Crippen LogP contribution in [0, 0.1) is 6.92 Å². The molecule has 0 aliphatic carbocycles. The van der Waals surface area contributed by atoms with Crippen LogP contribution in [0.3, 0.4) is 0 Å². The smallest absolute Gasteiger partial charge is 0.272 e. The molecule has 0 atom stereocenters. The highest BCUT2D eigenvalue weighted by Crippen LogP contribution is 2.37. The van der Waals surface area contributed by atoms with Crippen molar-refractivity contribution in [3.63, 3.8) is 0 Å². The summed E-state index contributed by atoms with van der Waals surface area (Å²) in [6, 6.07) is 4.98. The van der Waals surface area contributed by atoms with Gasteiger partial charge < -0.3 is 19.7 Å². The molecule has 0 bridgehead atoms. The fraction of sp³-hybridized carbons (Fsp3) is 0.389. The van der Waals surface area contributed by atoms with E-state index < -0.39 is 0 Å². The lowest BCUT2D eigenvalue weighted by Crippen LogP contribution is -2.31. The average molecular weight is 379 g/mol. The molecule has 1 aromatic heterocycles. The number of halogens is 1. The molecule has 140 valence electrons. The first-order valence-corrected chi connectivity index (χ1v) is 8.64. The van der Waals surface area contributed by atoms with E-state index in [1.165, 1.54) is 7.11 Å². The number of ether oxygens (including phenoxy) is 2. The second-order valence-electron chi connectivity index (χ2n) is 5.48. The highest BCUT2D eigenvalue weighted by Gasteiger charge is 2.17. The number of amides is 1. The lowest BCUT2D eigenvalue weighted by atomic mass is 10.2. The number of carbonyl (C=O) groups is 1. The molecule has 0 fully saturated rings. The zero-order valence-electron chi connectivity index (χ0n) is 15.6. The lowest BCUT2D eigenvalue weighted by Gasteiger charge is -2.19. The van der Waals surface area contributed by atoms with Gasteiger partial charge in [-0.15, -0.1) is 0 Å². The molecule has 0 saturated heterocycles. The van der Waals surface area contributed by atoms with Crippen molar-refractivity contribution in [3.05, 3.63) is 34.7 Å². The summed E-state index contributed by atoms with van der Waals surface area (Å²) in [6.45, 7) is 6.83. The Morgan fingerprint density at radius 3 is 2.35 bits per heavy atom. The van der Waals surface area contributed by atoms with Gasteiger partial charge in [0.2, 0.25) is 0 Å². The summed E-state index contributed by atoms with van der Waals surface area (Å²) >= 11 is 6.13. The summed E-state index contributed by atoms with van der Waals surface area (Å²) in [5, 5.41) is 3.59. The van der Waals surface area contributed by atoms with Crippen molar-refractivity contribution in [2.45, 2.75) is 20.8 Å². The van der Waals surface area contributed by atoms with Crippen LogP contribution in [0.5, 0.6) is 11.5 Å². The number of benzene rings is 1. The standard InChI is InChI=1S/C18H23ClN4O3/c1-6-23(7-2)18(24)14-10-17(21-11(3)20-14)22-13-9-15(25-4)12(19)8-16(13)26-5/h8-10H,6-7H2,1-5H3,(H,20,21,22). The second kappa shape index (κ2) is 8.71. The molecule has 0 aliphatic heterocycles. The van der Waals surface area contributed by atoms with Crippen LogP contribution in [0.25, 0.3) is 0 Å². The average Bonchev–Trinajstić information content (AvgIpc) is 2.63. The summed E-state index contributed by atoms with van der Waals surface area (Å²) < 4.78 is 10.6. The van der Waals surface area contributed by atoms with E-state index in [0.717, 1.165) is 0 Å². The lowest BCUT2D eigenvalue weighted by molar-refractivity contribution is 0.0766. The second-order valence-corrected chi connectivity index (χ2v) is 5.88. The quantitative estimate of drug-likeness (QED) is 0.791. The van der Waals surface area contributed by atoms with Gasteiger partial charge in [-0.05, 0) is 20.8 Å². The van der Waals surface area contributed by atoms with Crippen molar-refractivity contribution >= 4 is 29.0 Å². The maximum Gasteiger partial charge on any atom is 0.272 e. The third-order valence-electron chi connectivity index (χ3n) is 3.84. The maximum atomic E-state index is 12.6. The minimum absolute atomic E-state index is 0.135. The first-order valence-electron chi connectivity index (χ1n) is 8.26. The molecular formula is C18H23ClN4O3. The van der Waals surface area contributed by atoms with Crippen molar-refractivity contribution in [2.24, 2.45) is 0 Å². The molecule has 1 N–H and O–H groups in total. The summed E-state index contributed by atoms with van der Waals surface area (Å²) in [4.78, 5) is 22.9. The molecule has 7 nitrogen and oxygen atoms in total. The normalized spacial score (nSPS) is 10.4. The Bertz CT molecular complexity index is 794. The van der Waals surface area contributed by atoms with Crippen LogP contribution in [0.4, 0.5) is 11.5 Å². The molecule has 0 spiro atoms. The first kappa shape index (κ1) is 19.8. The number of aryl methyl sites for hydroxylation is 1. The van der Waals surface area contributed by atoms with Crippen LogP contribution in [-0.4, -0.2) is 48.1 Å². The Kier molecular flexibility index (Phi) is 6.63. The summed E-state index contributed by atoms with van der Waals surface area (Å²) in [5.41, 5.74) is 0.955. The van der Waals surface area contributed by atoms with Crippen LogP contribution >= 0.6 is 11.6 Å². The Hall–Kier alpha value is -2.54. The van der Waals surface area contributed by atoms with Gasteiger partial charge in [0.15, 0.2) is 0 Å². The van der Waals surface area contributed by atoms with E-state index in [1.807, 2.05) is 13.8 Å². The van der Waals surface area contributed by atoms with Gasteiger partial charge in [0.1, 0.15) is 28.8 Å². The van der Waals surface area contributed by atoms with E-state index in [9.17, 15) is 4.79 Å². The highest BCUT2D eigenvalue weighted by molar-refractivity contribution is 6.32. The van der Waals surface area contributed by atoms with Crippen LogP contribution in [0.15, 0.2) is 18.2 Å². The number of rotatable bonds is 7. The molecular weight excluding hydrogens is 356 g/mol. The number of carbonyl (C=O) groups excluding carboxylic acids is 1. The van der Waals surface area contributed by atoms with Crippen LogP contribution in [-0.2, 0) is 0 Å². The van der Waals surface area contributed by atoms with E-state index in [-0.39, 0.29) is 5.91 Å². The molecule has 2 rings (SSSR count). The van der Waals surface area contributed by atoms with Gasteiger partial charge in [0.05, 0.1) is 24.9 Å². The monoisotopic (exact) mass is 378 g/mol. The van der Waals surface area contributed by atoms with Gasteiger partial charge in [-0.2, -0.15) is 0 Å². The minimum Gasteiger partial charge on any atom is -0.495 e. The zero-order valence-corrected chi connectivity index (χ0v) is 16.3. The Morgan fingerprint density at radius 2 is 1.77 bits per heavy atom. The van der Waals surface area contributed by atoms with Crippen LogP contribution in [0.2, 0.25) is 5.02 Å². The Labute approximate surface area is 158 Å². The predicted octanol–water partition coefficient (Wildman–Crippen LogP) is 3.68. The molecule has 0 saturated carbocycles. The molecule has 2 aromatic rings. The van der Waals surface area contributed by atoms with Crippen molar-refractivity contribution in [3.8, 4) is 11.5 Å². The third kappa shape index (κ3) is 4.35. The molecule has 1 aromatic carbocycles. The predicted molar refractivity (Wildman–Crippen MR) is 102 cm³/mol. The highest BCUT2D eigenvalue weighted by atomic mass is 35.5. The van der Waals surface area contributed by atoms with Crippen LogP contribution in [0.1, 0.15) is 30.2 Å². The number of aromatic nitrogens is 2. The summed E-state index contributed by atoms with van der Waals surface area (Å²) in [5.74, 6) is 1.87. The molecule has 1 heterocycles. The van der Waals surface area contributed by atoms with Crippen LogP contribution < -0.4 is 14.8 Å². The topological polar surface area (TPSA) is 76.6 Å². The summed E-state index contributed by atoms with van der Waals surface area (Å²) in [6.07, 6.45) is 0. The fourth-order valence-corrected chi connectivity index (χ4v) is 2.74. The molecule has 8 heteroatoms. The van der Waals surface area contributed by atoms with Gasteiger partial charge in [0, 0.05) is 31.3 Å². The van der Waals surface area contributed by atoms with E-state index >= 15 is 0 Å². The minimum atomic E-state index is -0.135. The van der Waals surface area contributed by atoms with Crippen molar-refractivity contribution in [1.29, 1.82) is 0 Å². The van der Waals surface area contributed by atoms with Crippen molar-refractivity contribution in [1.82, 2.24) is 14.9 Å². The Balaban J connectivity index is 2.40. The van der Waals surface area contributed by atoms with Gasteiger partial charge >= 0.3 is 0 Å². The Morgan fingerprint density at radius 1 is 1.12 bits per heavy atom. The molecule has 0 radical (unpaired) electrons. The number of methoxy groups -OCH3 is 2. The van der Waals surface area contributed by atoms with Gasteiger partial charge in [0.25, 0.3) is 5.91 Å². The number of hydrogen-bond donors (Lipinski definition) is 1. The van der Waals surface area contributed by atoms with Crippen molar-refractivity contribution in [2.75, 3.05) is 32.6 Å². The maximum absolute atomic E-state index is 12.6. The molecule has 26 heavy (non-hydrogen) atoms. The SMILES string of the molecule is CCN(CC)C(=O)c1cc(Nc2cc(OC)c(Cl)cc2OC)nc(C)n1. The number of nitrogens with one attached hydrogen (secondary N) is 1. The van der Waals surface area contributed by atoms with Gasteiger partial charge in [-0.25, -0.2) is 9.97 Å². The molecule has 1 amide bonds. The third-order valence-corrected chi connectivity index (χ3v) is 4.14. The fourth-order valence-electron chi connectivity index (χ4n) is 2.51. The first-order chi connectivity index (χ1) is 12.4. The zero-order chi connectivity index (χ0) is 19.3. The number of hydrogen-bond acceptors (Lipinski definition) is 6. The van der Waals surface area contributed by atoms with E-state index in [0.29, 0.717) is 52.6 Å². The van der Waals surface area contributed by atoms with Gasteiger partial charge in [-0.3, -0.25) is 4.79 Å². The van der Waals surface area contributed by atoms with E-state index in [1.54, 1.807) is 37.1 Å². The number of anilines is 2. The van der Waals surface area contributed by atoms with Crippen molar-refractivity contribution < 1.29 is 14.3 Å². The van der Waals surface area contributed by atoms with E-state index in [4.69, 9.17) is 21.1 Å². The van der Waals surface area contributed by atoms with E-state index in [2.05, 4.69) is 15.3 Å².